The summed E-state index contributed by atoms with van der Waals surface area (Å²) >= 11 is 1.06. The lowest BCUT2D eigenvalue weighted by Crippen LogP contribution is -2.22. The summed E-state index contributed by atoms with van der Waals surface area (Å²) in [5, 5.41) is 5.46. The van der Waals surface area contributed by atoms with Crippen molar-refractivity contribution in [2.24, 2.45) is 0 Å². The quantitative estimate of drug-likeness (QED) is 0.449. The molecular formula is C17H20N4O5S. The molecule has 0 aliphatic carbocycles. The molecule has 27 heavy (non-hydrogen) atoms. The number of carbonyl (C=O) groups is 2. The molecule has 0 saturated heterocycles. The van der Waals surface area contributed by atoms with Gasteiger partial charge in [0.2, 0.25) is 11.8 Å². The molecule has 0 aliphatic heterocycles. The van der Waals surface area contributed by atoms with Gasteiger partial charge in [-0.2, -0.15) is 0 Å². The van der Waals surface area contributed by atoms with Crippen molar-refractivity contribution in [2.75, 3.05) is 32.3 Å². The number of carbonyl (C=O) groups excluding carboxylic acids is 2. The lowest BCUT2D eigenvalue weighted by atomic mass is 10.2. The van der Waals surface area contributed by atoms with Crippen molar-refractivity contribution in [1.82, 2.24) is 15.3 Å². The van der Waals surface area contributed by atoms with Gasteiger partial charge in [0.05, 0.1) is 37.8 Å². The van der Waals surface area contributed by atoms with Crippen LogP contribution in [-0.4, -0.2) is 48.8 Å². The molecule has 0 fully saturated rings. The van der Waals surface area contributed by atoms with Gasteiger partial charge >= 0.3 is 0 Å². The molecule has 0 saturated carbocycles. The molecule has 9 nitrogen and oxygen atoms in total. The number of hydrogen-bond acceptors (Lipinski definition) is 7. The molecule has 2 rings (SSSR count). The number of H-pyrrole nitrogens is 1. The molecule has 0 spiro atoms. The number of ether oxygens (including phenoxy) is 2. The van der Waals surface area contributed by atoms with Gasteiger partial charge in [-0.15, -0.1) is 0 Å². The number of likely N-dealkylation sites (N-methyl/N-ethyl adjacent to an activating group) is 1. The fourth-order valence-corrected chi connectivity index (χ4v) is 2.81. The van der Waals surface area contributed by atoms with Crippen molar-refractivity contribution in [1.29, 1.82) is 0 Å². The van der Waals surface area contributed by atoms with Gasteiger partial charge in [-0.3, -0.25) is 14.4 Å². The predicted molar refractivity (Wildman–Crippen MR) is 102 cm³/mol. The van der Waals surface area contributed by atoms with E-state index in [2.05, 4.69) is 20.6 Å². The fraction of sp³-hybridized carbons (Fsp3) is 0.294. The number of thioether (sulfide) groups is 1. The Bertz CT molecular complexity index is 884. The molecule has 0 radical (unpaired) electrons. The maximum absolute atomic E-state index is 12.2. The summed E-state index contributed by atoms with van der Waals surface area (Å²) in [7, 11) is 4.53. The molecule has 0 bridgehead atoms. The smallest absolute Gasteiger partial charge is 0.251 e. The minimum atomic E-state index is -0.386. The zero-order chi connectivity index (χ0) is 19.8. The van der Waals surface area contributed by atoms with Gasteiger partial charge in [-0.05, 0) is 12.1 Å². The highest BCUT2D eigenvalue weighted by molar-refractivity contribution is 7.99. The van der Waals surface area contributed by atoms with Crippen LogP contribution in [0.4, 0.5) is 5.69 Å². The second-order valence-electron chi connectivity index (χ2n) is 5.29. The van der Waals surface area contributed by atoms with Crippen LogP contribution in [0, 0.1) is 0 Å². The monoisotopic (exact) mass is 392 g/mol. The fourth-order valence-electron chi connectivity index (χ4n) is 2.12. The standard InChI is InChI=1S/C17H20N4O5S/c1-18-14(22)6-10-7-15(23)21-17(19-10)27-9-16(24)20-12-5-4-11(25-2)8-13(12)26-3/h4-5,7-8H,6,9H2,1-3H3,(H,18,22)(H,20,24)(H,19,21,23). The molecule has 1 heterocycles. The van der Waals surface area contributed by atoms with Crippen LogP contribution in [0.15, 0.2) is 34.2 Å². The summed E-state index contributed by atoms with van der Waals surface area (Å²) in [5.74, 6) is 0.526. The second-order valence-corrected chi connectivity index (χ2v) is 6.26. The number of nitrogens with zero attached hydrogens (tertiary/aromatic N) is 1. The Kier molecular flexibility index (Phi) is 7.24. The van der Waals surface area contributed by atoms with Crippen LogP contribution in [-0.2, 0) is 16.0 Å². The Hall–Kier alpha value is -3.01. The van der Waals surface area contributed by atoms with Gasteiger partial charge in [0.15, 0.2) is 5.16 Å². The van der Waals surface area contributed by atoms with E-state index in [1.54, 1.807) is 18.2 Å². The highest BCUT2D eigenvalue weighted by Gasteiger charge is 2.11. The predicted octanol–water partition coefficient (Wildman–Crippen LogP) is 0.806. The van der Waals surface area contributed by atoms with Gasteiger partial charge in [-0.1, -0.05) is 11.8 Å². The first-order chi connectivity index (χ1) is 12.9. The first kappa shape index (κ1) is 20.3. The van der Waals surface area contributed by atoms with E-state index >= 15 is 0 Å². The van der Waals surface area contributed by atoms with Crippen LogP contribution in [0.25, 0.3) is 0 Å². The number of aromatic nitrogens is 2. The zero-order valence-corrected chi connectivity index (χ0v) is 15.9. The molecule has 0 aliphatic rings. The van der Waals surface area contributed by atoms with Crippen molar-refractivity contribution < 1.29 is 19.1 Å². The summed E-state index contributed by atoms with van der Waals surface area (Å²) < 4.78 is 10.3. The Morgan fingerprint density at radius 2 is 1.96 bits per heavy atom. The third kappa shape index (κ3) is 6.03. The molecular weight excluding hydrogens is 372 g/mol. The van der Waals surface area contributed by atoms with Gasteiger partial charge in [0.1, 0.15) is 11.5 Å². The molecule has 1 aromatic heterocycles. The normalized spacial score (nSPS) is 10.2. The number of rotatable bonds is 8. The summed E-state index contributed by atoms with van der Waals surface area (Å²) in [6, 6.07) is 6.28. The molecule has 0 atom stereocenters. The number of nitrogens with one attached hydrogen (secondary N) is 3. The Balaban J connectivity index is 2.01. The van der Waals surface area contributed by atoms with E-state index in [-0.39, 0.29) is 34.7 Å². The van der Waals surface area contributed by atoms with Crippen LogP contribution < -0.4 is 25.7 Å². The topological polar surface area (TPSA) is 122 Å². The highest BCUT2D eigenvalue weighted by Crippen LogP contribution is 2.29. The maximum atomic E-state index is 12.2. The van der Waals surface area contributed by atoms with Crippen LogP contribution in [0.2, 0.25) is 0 Å². The number of hydrogen-bond donors (Lipinski definition) is 3. The van der Waals surface area contributed by atoms with E-state index in [0.29, 0.717) is 22.9 Å². The first-order valence-electron chi connectivity index (χ1n) is 7.90. The van der Waals surface area contributed by atoms with Crippen LogP contribution >= 0.6 is 11.8 Å². The SMILES string of the molecule is CNC(=O)Cc1cc(=O)[nH]c(SCC(=O)Nc2ccc(OC)cc2OC)n1. The number of amides is 2. The number of benzene rings is 1. The minimum absolute atomic E-state index is 0.0107. The number of anilines is 1. The van der Waals surface area contributed by atoms with Gasteiger partial charge in [-0.25, -0.2) is 4.98 Å². The second kappa shape index (κ2) is 9.62. The van der Waals surface area contributed by atoms with Crippen LogP contribution in [0.3, 0.4) is 0 Å². The van der Waals surface area contributed by atoms with E-state index in [1.165, 1.54) is 27.3 Å². The third-order valence-electron chi connectivity index (χ3n) is 3.42. The zero-order valence-electron chi connectivity index (χ0n) is 15.1. The number of methoxy groups -OCH3 is 2. The van der Waals surface area contributed by atoms with Crippen molar-refractivity contribution in [3.8, 4) is 11.5 Å². The van der Waals surface area contributed by atoms with E-state index in [4.69, 9.17) is 9.47 Å². The third-order valence-corrected chi connectivity index (χ3v) is 4.29. The lowest BCUT2D eigenvalue weighted by Gasteiger charge is -2.11. The van der Waals surface area contributed by atoms with Gasteiger partial charge in [0, 0.05) is 19.2 Å². The molecule has 0 unspecified atom stereocenters. The average molecular weight is 392 g/mol. The summed E-state index contributed by atoms with van der Waals surface area (Å²) in [6.07, 6.45) is -0.0107. The molecule has 10 heteroatoms. The largest absolute Gasteiger partial charge is 0.497 e. The van der Waals surface area contributed by atoms with Crippen molar-refractivity contribution >= 4 is 29.3 Å². The molecule has 1 aromatic carbocycles. The first-order valence-corrected chi connectivity index (χ1v) is 8.89. The van der Waals surface area contributed by atoms with E-state index in [0.717, 1.165) is 11.8 Å². The Morgan fingerprint density at radius 1 is 1.19 bits per heavy atom. The van der Waals surface area contributed by atoms with Crippen LogP contribution in [0.5, 0.6) is 11.5 Å². The summed E-state index contributed by atoms with van der Waals surface area (Å²) in [6.45, 7) is 0. The molecule has 3 N–H and O–H groups in total. The molecule has 2 aromatic rings. The van der Waals surface area contributed by atoms with Crippen molar-refractivity contribution in [2.45, 2.75) is 11.6 Å². The van der Waals surface area contributed by atoms with Crippen molar-refractivity contribution in [3.63, 3.8) is 0 Å². The molecule has 144 valence electrons. The lowest BCUT2D eigenvalue weighted by molar-refractivity contribution is -0.120. The molecule has 2 amide bonds. The highest BCUT2D eigenvalue weighted by atomic mass is 32.2. The van der Waals surface area contributed by atoms with Gasteiger partial charge < -0.3 is 25.1 Å². The summed E-state index contributed by atoms with van der Waals surface area (Å²) in [5.41, 5.74) is 0.445. The minimum Gasteiger partial charge on any atom is -0.497 e. The van der Waals surface area contributed by atoms with Gasteiger partial charge in [0.25, 0.3) is 5.56 Å². The van der Waals surface area contributed by atoms with E-state index in [1.807, 2.05) is 0 Å². The van der Waals surface area contributed by atoms with Crippen LogP contribution in [0.1, 0.15) is 5.69 Å². The average Bonchev–Trinajstić information content (AvgIpc) is 2.66. The van der Waals surface area contributed by atoms with Crippen molar-refractivity contribution in [3.05, 3.63) is 40.3 Å². The number of aromatic amines is 1. The van der Waals surface area contributed by atoms with E-state index < -0.39 is 0 Å². The maximum Gasteiger partial charge on any atom is 0.251 e. The summed E-state index contributed by atoms with van der Waals surface area (Å²) in [4.78, 5) is 42.0. The van der Waals surface area contributed by atoms with E-state index in [9.17, 15) is 14.4 Å². The Morgan fingerprint density at radius 3 is 2.63 bits per heavy atom. The Labute approximate surface area is 159 Å².